The molecule has 0 saturated carbocycles. The maximum absolute atomic E-state index is 13.2. The van der Waals surface area contributed by atoms with E-state index in [1.165, 1.54) is 0 Å². The Morgan fingerprint density at radius 2 is 1.70 bits per heavy atom. The van der Waals surface area contributed by atoms with Gasteiger partial charge < -0.3 is 20.4 Å². The molecule has 0 bridgehead atoms. The summed E-state index contributed by atoms with van der Waals surface area (Å²) in [4.78, 5) is 29.4. The molecule has 2 amide bonds. The molecule has 0 spiro atoms. The molecule has 4 rings (SSSR count). The molecular weight excluding hydrogens is 438 g/mol. The van der Waals surface area contributed by atoms with Crippen LogP contribution < -0.4 is 15.4 Å². The smallest absolute Gasteiger partial charge is 0.253 e. The summed E-state index contributed by atoms with van der Waals surface area (Å²) in [5.41, 5.74) is 3.07. The number of halogens is 1. The van der Waals surface area contributed by atoms with Gasteiger partial charge in [-0.25, -0.2) is 0 Å². The van der Waals surface area contributed by atoms with Crippen LogP contribution in [0.1, 0.15) is 21.5 Å². The van der Waals surface area contributed by atoms with Crippen molar-refractivity contribution in [2.24, 2.45) is 0 Å². The number of hydrogen-bond acceptors (Lipinski definition) is 3. The number of rotatable bonds is 8. The fraction of sp³-hybridized carbons (Fsp3) is 0.154. The van der Waals surface area contributed by atoms with Crippen LogP contribution in [0.2, 0.25) is 5.02 Å². The molecule has 33 heavy (non-hydrogen) atoms. The predicted octanol–water partition coefficient (Wildman–Crippen LogP) is 4.49. The van der Waals surface area contributed by atoms with E-state index in [9.17, 15) is 9.59 Å². The van der Waals surface area contributed by atoms with Crippen LogP contribution in [-0.2, 0) is 17.8 Å². The lowest BCUT2D eigenvalue weighted by molar-refractivity contribution is -0.123. The van der Waals surface area contributed by atoms with Crippen LogP contribution in [-0.4, -0.2) is 29.9 Å². The minimum atomic E-state index is -0.803. The third kappa shape index (κ3) is 5.18. The lowest BCUT2D eigenvalue weighted by Gasteiger charge is -2.19. The summed E-state index contributed by atoms with van der Waals surface area (Å²) in [7, 11) is 1.59. The van der Waals surface area contributed by atoms with Crippen molar-refractivity contribution in [3.63, 3.8) is 0 Å². The summed E-state index contributed by atoms with van der Waals surface area (Å²) in [5, 5.41) is 7.13. The molecule has 0 radical (unpaired) electrons. The lowest BCUT2D eigenvalue weighted by atomic mass is 10.0. The normalized spacial score (nSPS) is 11.7. The van der Waals surface area contributed by atoms with Crippen LogP contribution in [0, 0.1) is 0 Å². The van der Waals surface area contributed by atoms with Gasteiger partial charge in [-0.1, -0.05) is 60.1 Å². The highest BCUT2D eigenvalue weighted by Crippen LogP contribution is 2.21. The number of carbonyl (C=O) groups excluding carboxylic acids is 2. The molecule has 1 aromatic heterocycles. The van der Waals surface area contributed by atoms with E-state index >= 15 is 0 Å². The highest BCUT2D eigenvalue weighted by molar-refractivity contribution is 6.33. The first kappa shape index (κ1) is 22.4. The van der Waals surface area contributed by atoms with Crippen LogP contribution in [0.3, 0.4) is 0 Å². The van der Waals surface area contributed by atoms with Gasteiger partial charge >= 0.3 is 0 Å². The quantitative estimate of drug-likeness (QED) is 0.361. The van der Waals surface area contributed by atoms with Crippen molar-refractivity contribution in [3.8, 4) is 5.75 Å². The number of fused-ring (bicyclic) bond motifs is 1. The molecule has 0 aliphatic heterocycles. The zero-order valence-electron chi connectivity index (χ0n) is 18.1. The minimum Gasteiger partial charge on any atom is -0.496 e. The molecule has 4 aromatic rings. The Bertz CT molecular complexity index is 1280. The van der Waals surface area contributed by atoms with E-state index in [1.807, 2.05) is 54.7 Å². The fourth-order valence-electron chi connectivity index (χ4n) is 3.77. The zero-order chi connectivity index (χ0) is 23.2. The number of methoxy groups -OCH3 is 1. The first-order valence-electron chi connectivity index (χ1n) is 10.6. The predicted molar refractivity (Wildman–Crippen MR) is 130 cm³/mol. The maximum Gasteiger partial charge on any atom is 0.253 e. The average molecular weight is 462 g/mol. The molecule has 6 nitrogen and oxygen atoms in total. The van der Waals surface area contributed by atoms with E-state index in [-0.39, 0.29) is 12.5 Å². The summed E-state index contributed by atoms with van der Waals surface area (Å²) in [6.45, 7) is 0.273. The first-order chi connectivity index (χ1) is 16.1. The monoisotopic (exact) mass is 461 g/mol. The van der Waals surface area contributed by atoms with E-state index in [0.717, 1.165) is 22.0 Å². The van der Waals surface area contributed by atoms with Gasteiger partial charge in [-0.3, -0.25) is 9.59 Å². The second-order valence-corrected chi connectivity index (χ2v) is 8.01. The van der Waals surface area contributed by atoms with E-state index < -0.39 is 11.9 Å². The Labute approximate surface area is 196 Å². The molecule has 168 valence electrons. The van der Waals surface area contributed by atoms with Gasteiger partial charge in [-0.15, -0.1) is 0 Å². The summed E-state index contributed by atoms with van der Waals surface area (Å²) in [5.74, 6) is -0.0180. The topological polar surface area (TPSA) is 83.2 Å². The van der Waals surface area contributed by atoms with E-state index in [2.05, 4.69) is 15.6 Å². The van der Waals surface area contributed by atoms with Gasteiger partial charge in [0, 0.05) is 35.6 Å². The number of hydrogen-bond donors (Lipinski definition) is 3. The zero-order valence-corrected chi connectivity index (χ0v) is 18.9. The number of amides is 2. The van der Waals surface area contributed by atoms with Crippen molar-refractivity contribution >= 4 is 34.3 Å². The SMILES string of the molecule is COc1ccccc1CNC(=O)C(Cc1c[nH]c2ccccc12)NC(=O)c1ccccc1Cl. The Morgan fingerprint density at radius 3 is 2.52 bits per heavy atom. The molecule has 7 heteroatoms. The molecule has 3 aromatic carbocycles. The summed E-state index contributed by atoms with van der Waals surface area (Å²) < 4.78 is 5.37. The van der Waals surface area contributed by atoms with Crippen LogP contribution in [0.4, 0.5) is 0 Å². The molecule has 0 aliphatic rings. The number of benzene rings is 3. The van der Waals surface area contributed by atoms with Crippen LogP contribution in [0.5, 0.6) is 5.75 Å². The Balaban J connectivity index is 1.56. The van der Waals surface area contributed by atoms with Gasteiger partial charge in [-0.05, 0) is 29.8 Å². The molecule has 1 atom stereocenters. The average Bonchev–Trinajstić information content (AvgIpc) is 3.25. The number of nitrogens with one attached hydrogen (secondary N) is 3. The van der Waals surface area contributed by atoms with E-state index in [4.69, 9.17) is 16.3 Å². The van der Waals surface area contributed by atoms with Gasteiger partial charge in [0.2, 0.25) is 5.91 Å². The van der Waals surface area contributed by atoms with Crippen molar-refractivity contribution in [1.29, 1.82) is 0 Å². The number of ether oxygens (including phenoxy) is 1. The third-order valence-electron chi connectivity index (χ3n) is 5.48. The first-order valence-corrected chi connectivity index (χ1v) is 10.9. The lowest BCUT2D eigenvalue weighted by Crippen LogP contribution is -2.47. The molecule has 1 unspecified atom stereocenters. The van der Waals surface area contributed by atoms with Crippen molar-refractivity contribution in [2.75, 3.05) is 7.11 Å². The highest BCUT2D eigenvalue weighted by Gasteiger charge is 2.24. The number of aromatic nitrogens is 1. The third-order valence-corrected chi connectivity index (χ3v) is 5.81. The van der Waals surface area contributed by atoms with Crippen molar-refractivity contribution in [1.82, 2.24) is 15.6 Å². The van der Waals surface area contributed by atoms with Crippen molar-refractivity contribution in [2.45, 2.75) is 19.0 Å². The van der Waals surface area contributed by atoms with Crippen molar-refractivity contribution < 1.29 is 14.3 Å². The number of aromatic amines is 1. The van der Waals surface area contributed by atoms with Gasteiger partial charge in [0.25, 0.3) is 5.91 Å². The largest absolute Gasteiger partial charge is 0.496 e. The van der Waals surface area contributed by atoms with Crippen LogP contribution in [0.15, 0.2) is 79.0 Å². The van der Waals surface area contributed by atoms with E-state index in [1.54, 1.807) is 31.4 Å². The number of para-hydroxylation sites is 2. The second kappa shape index (κ2) is 10.2. The molecule has 3 N–H and O–H groups in total. The highest BCUT2D eigenvalue weighted by atomic mass is 35.5. The Hall–Kier alpha value is -3.77. The van der Waals surface area contributed by atoms with Gasteiger partial charge in [0.1, 0.15) is 11.8 Å². The second-order valence-electron chi connectivity index (χ2n) is 7.60. The van der Waals surface area contributed by atoms with Gasteiger partial charge in [0.15, 0.2) is 0 Å². The minimum absolute atomic E-state index is 0.273. The van der Waals surface area contributed by atoms with Gasteiger partial charge in [-0.2, -0.15) is 0 Å². The summed E-state index contributed by atoms with van der Waals surface area (Å²) in [6, 6.07) is 21.3. The summed E-state index contributed by atoms with van der Waals surface area (Å²) in [6.07, 6.45) is 2.19. The molecule has 0 saturated heterocycles. The van der Waals surface area contributed by atoms with Crippen molar-refractivity contribution in [3.05, 3.63) is 101 Å². The fourth-order valence-corrected chi connectivity index (χ4v) is 3.99. The Kier molecular flexibility index (Phi) is 6.95. The molecular formula is C26H24ClN3O3. The maximum atomic E-state index is 13.2. The Morgan fingerprint density at radius 1 is 0.970 bits per heavy atom. The molecule has 1 heterocycles. The number of carbonyl (C=O) groups is 2. The van der Waals surface area contributed by atoms with Crippen LogP contribution in [0.25, 0.3) is 10.9 Å². The van der Waals surface area contributed by atoms with Crippen LogP contribution >= 0.6 is 11.6 Å². The number of H-pyrrole nitrogens is 1. The van der Waals surface area contributed by atoms with Gasteiger partial charge in [0.05, 0.1) is 17.7 Å². The standard InChI is InChI=1S/C26H24ClN3O3/c1-33-24-13-7-2-8-17(24)15-29-26(32)23(30-25(31)20-10-3-5-11-21(20)27)14-18-16-28-22-12-6-4-9-19(18)22/h2-13,16,23,28H,14-15H2,1H3,(H,29,32)(H,30,31). The molecule has 0 aliphatic carbocycles. The van der Waals surface area contributed by atoms with E-state index in [0.29, 0.717) is 22.8 Å². The summed E-state index contributed by atoms with van der Waals surface area (Å²) >= 11 is 6.20. The molecule has 0 fully saturated rings.